The maximum absolute atomic E-state index is 2.45. The van der Waals surface area contributed by atoms with E-state index in [0.29, 0.717) is 5.92 Å². The largest absolute Gasteiger partial charge is 0.0830 e. The summed E-state index contributed by atoms with van der Waals surface area (Å²) < 4.78 is 0. The summed E-state index contributed by atoms with van der Waals surface area (Å²) >= 11 is 0. The summed E-state index contributed by atoms with van der Waals surface area (Å²) in [5.74, 6) is 0.525. The van der Waals surface area contributed by atoms with Crippen LogP contribution in [0.25, 0.3) is 0 Å². The third-order valence-corrected chi connectivity index (χ3v) is 4.39. The van der Waals surface area contributed by atoms with Crippen LogP contribution in [0.5, 0.6) is 0 Å². The Bertz CT molecular complexity index is 596. The molecule has 0 saturated heterocycles. The summed E-state index contributed by atoms with van der Waals surface area (Å²) in [7, 11) is 0. The Morgan fingerprint density at radius 2 is 1.95 bits per heavy atom. The van der Waals surface area contributed by atoms with Crippen molar-refractivity contribution < 1.29 is 0 Å². The SMILES string of the molecule is CCCC1=CC(C2=CC(c3ccccc3)CC=C2)=CCC1. The van der Waals surface area contributed by atoms with Crippen LogP contribution >= 0.6 is 0 Å². The molecule has 0 radical (unpaired) electrons. The number of benzene rings is 1. The molecule has 0 heteroatoms. The topological polar surface area (TPSA) is 0 Å². The van der Waals surface area contributed by atoms with Gasteiger partial charge in [0.15, 0.2) is 0 Å². The molecule has 0 aromatic heterocycles. The smallest absolute Gasteiger partial charge is 0.00617 e. The molecule has 2 aliphatic rings. The Labute approximate surface area is 128 Å². The molecule has 0 amide bonds. The Morgan fingerprint density at radius 1 is 1.10 bits per heavy atom. The highest BCUT2D eigenvalue weighted by Gasteiger charge is 2.14. The van der Waals surface area contributed by atoms with Gasteiger partial charge in [0.1, 0.15) is 0 Å². The van der Waals surface area contributed by atoms with Crippen LogP contribution in [-0.2, 0) is 0 Å². The molecule has 1 unspecified atom stereocenters. The van der Waals surface area contributed by atoms with Crippen molar-refractivity contribution in [2.45, 2.75) is 44.9 Å². The average molecular weight is 276 g/mol. The molecular formula is C21H24. The average Bonchev–Trinajstić information content (AvgIpc) is 2.56. The molecule has 0 fully saturated rings. The van der Waals surface area contributed by atoms with Gasteiger partial charge in [0.25, 0.3) is 0 Å². The Balaban J connectivity index is 1.83. The fourth-order valence-electron chi connectivity index (χ4n) is 3.29. The lowest BCUT2D eigenvalue weighted by molar-refractivity contribution is 0.812. The van der Waals surface area contributed by atoms with Gasteiger partial charge in [-0.05, 0) is 42.4 Å². The van der Waals surface area contributed by atoms with E-state index in [2.05, 4.69) is 67.6 Å². The Hall–Kier alpha value is -1.82. The molecular weight excluding hydrogens is 252 g/mol. The first-order valence-electron chi connectivity index (χ1n) is 8.20. The summed E-state index contributed by atoms with van der Waals surface area (Å²) in [5.41, 5.74) is 5.88. The van der Waals surface area contributed by atoms with E-state index in [1.54, 1.807) is 5.57 Å². The van der Waals surface area contributed by atoms with Crippen LogP contribution in [0.1, 0.15) is 50.5 Å². The molecule has 1 atom stereocenters. The maximum Gasteiger partial charge on any atom is 0.00617 e. The summed E-state index contributed by atoms with van der Waals surface area (Å²) in [6.07, 6.45) is 18.0. The second-order valence-corrected chi connectivity index (χ2v) is 6.03. The van der Waals surface area contributed by atoms with Crippen molar-refractivity contribution in [1.29, 1.82) is 0 Å². The molecule has 0 heterocycles. The van der Waals surface area contributed by atoms with Crippen molar-refractivity contribution in [3.05, 3.63) is 83.0 Å². The summed E-state index contributed by atoms with van der Waals surface area (Å²) in [4.78, 5) is 0. The molecule has 21 heavy (non-hydrogen) atoms. The highest BCUT2D eigenvalue weighted by atomic mass is 14.2. The number of allylic oxidation sites excluding steroid dienone is 8. The fourth-order valence-corrected chi connectivity index (χ4v) is 3.29. The van der Waals surface area contributed by atoms with Crippen molar-refractivity contribution in [1.82, 2.24) is 0 Å². The maximum atomic E-state index is 2.45. The van der Waals surface area contributed by atoms with Crippen LogP contribution in [0.2, 0.25) is 0 Å². The molecule has 108 valence electrons. The zero-order valence-electron chi connectivity index (χ0n) is 12.9. The quantitative estimate of drug-likeness (QED) is 0.623. The van der Waals surface area contributed by atoms with Crippen molar-refractivity contribution in [3.8, 4) is 0 Å². The highest BCUT2D eigenvalue weighted by molar-refractivity contribution is 5.52. The summed E-state index contributed by atoms with van der Waals surface area (Å²) in [6, 6.07) is 10.9. The number of hydrogen-bond acceptors (Lipinski definition) is 0. The van der Waals surface area contributed by atoms with E-state index in [1.165, 1.54) is 42.4 Å². The lowest BCUT2D eigenvalue weighted by atomic mass is 9.85. The molecule has 0 nitrogen and oxygen atoms in total. The summed E-state index contributed by atoms with van der Waals surface area (Å²) in [6.45, 7) is 2.27. The van der Waals surface area contributed by atoms with E-state index >= 15 is 0 Å². The van der Waals surface area contributed by atoms with Gasteiger partial charge in [-0.1, -0.05) is 79.6 Å². The molecule has 0 spiro atoms. The third kappa shape index (κ3) is 3.44. The number of hydrogen-bond donors (Lipinski definition) is 0. The predicted octanol–water partition coefficient (Wildman–Crippen LogP) is 6.10. The minimum atomic E-state index is 0.525. The van der Waals surface area contributed by atoms with Crippen LogP contribution in [-0.4, -0.2) is 0 Å². The van der Waals surface area contributed by atoms with E-state index in [4.69, 9.17) is 0 Å². The van der Waals surface area contributed by atoms with Gasteiger partial charge in [-0.3, -0.25) is 0 Å². The minimum absolute atomic E-state index is 0.525. The molecule has 0 saturated carbocycles. The van der Waals surface area contributed by atoms with Crippen molar-refractivity contribution in [3.63, 3.8) is 0 Å². The number of rotatable bonds is 4. The zero-order valence-corrected chi connectivity index (χ0v) is 12.9. The first-order chi connectivity index (χ1) is 10.4. The van der Waals surface area contributed by atoms with E-state index in [1.807, 2.05) is 0 Å². The van der Waals surface area contributed by atoms with Gasteiger partial charge in [-0.25, -0.2) is 0 Å². The normalized spacial score (nSPS) is 21.6. The molecule has 1 aromatic carbocycles. The van der Waals surface area contributed by atoms with E-state index < -0.39 is 0 Å². The minimum Gasteiger partial charge on any atom is -0.0830 e. The molecule has 0 N–H and O–H groups in total. The molecule has 0 bridgehead atoms. The lowest BCUT2D eigenvalue weighted by Crippen LogP contribution is -2.02. The van der Waals surface area contributed by atoms with Gasteiger partial charge in [0.2, 0.25) is 0 Å². The van der Waals surface area contributed by atoms with Crippen molar-refractivity contribution in [2.75, 3.05) is 0 Å². The van der Waals surface area contributed by atoms with E-state index in [9.17, 15) is 0 Å². The monoisotopic (exact) mass is 276 g/mol. The van der Waals surface area contributed by atoms with Gasteiger partial charge in [0, 0.05) is 5.92 Å². The molecule has 1 aromatic rings. The third-order valence-electron chi connectivity index (χ3n) is 4.39. The fraction of sp³-hybridized carbons (Fsp3) is 0.333. The first-order valence-corrected chi connectivity index (χ1v) is 8.20. The van der Waals surface area contributed by atoms with E-state index in [-0.39, 0.29) is 0 Å². The summed E-state index contributed by atoms with van der Waals surface area (Å²) in [5, 5.41) is 0. The van der Waals surface area contributed by atoms with Crippen LogP contribution in [0.4, 0.5) is 0 Å². The lowest BCUT2D eigenvalue weighted by Gasteiger charge is -2.20. The Morgan fingerprint density at radius 3 is 2.76 bits per heavy atom. The van der Waals surface area contributed by atoms with Crippen LogP contribution in [0.3, 0.4) is 0 Å². The van der Waals surface area contributed by atoms with Gasteiger partial charge in [-0.15, -0.1) is 0 Å². The van der Waals surface area contributed by atoms with Gasteiger partial charge in [0.05, 0.1) is 0 Å². The van der Waals surface area contributed by atoms with Gasteiger partial charge >= 0.3 is 0 Å². The molecule has 0 aliphatic heterocycles. The van der Waals surface area contributed by atoms with Crippen molar-refractivity contribution >= 4 is 0 Å². The van der Waals surface area contributed by atoms with Gasteiger partial charge < -0.3 is 0 Å². The second kappa shape index (κ2) is 6.76. The van der Waals surface area contributed by atoms with Gasteiger partial charge in [-0.2, -0.15) is 0 Å². The van der Waals surface area contributed by atoms with Crippen LogP contribution < -0.4 is 0 Å². The molecule has 3 rings (SSSR count). The van der Waals surface area contributed by atoms with Crippen molar-refractivity contribution in [2.24, 2.45) is 0 Å². The van der Waals surface area contributed by atoms with Crippen LogP contribution in [0, 0.1) is 0 Å². The van der Waals surface area contributed by atoms with Crippen LogP contribution in [0.15, 0.2) is 77.4 Å². The zero-order chi connectivity index (χ0) is 14.5. The first kappa shape index (κ1) is 14.1. The molecule has 2 aliphatic carbocycles. The Kier molecular flexibility index (Phi) is 4.55. The standard InChI is InChI=1S/C21H24/c1-2-8-17-9-6-12-19(15-17)21-14-7-13-20(16-21)18-10-4-3-5-11-18/h3-5,7,10-12,14-16,20H,2,6,8-9,13H2,1H3. The predicted molar refractivity (Wildman–Crippen MR) is 91.3 cm³/mol. The van der Waals surface area contributed by atoms with E-state index in [0.717, 1.165) is 6.42 Å². The second-order valence-electron chi connectivity index (χ2n) is 6.03. The highest BCUT2D eigenvalue weighted by Crippen LogP contribution is 2.33.